The van der Waals surface area contributed by atoms with Crippen molar-refractivity contribution in [2.45, 2.75) is 31.3 Å². The molecule has 0 radical (unpaired) electrons. The van der Waals surface area contributed by atoms with E-state index in [0.717, 1.165) is 50.9 Å². The van der Waals surface area contributed by atoms with E-state index < -0.39 is 0 Å². The maximum absolute atomic E-state index is 12.0. The number of morpholine rings is 1. The van der Waals surface area contributed by atoms with Crippen LogP contribution in [0.25, 0.3) is 0 Å². The van der Waals surface area contributed by atoms with Crippen molar-refractivity contribution < 1.29 is 9.53 Å². The molecule has 1 aromatic rings. The Morgan fingerprint density at radius 1 is 1.23 bits per heavy atom. The van der Waals surface area contributed by atoms with E-state index in [1.807, 2.05) is 11.0 Å². The van der Waals surface area contributed by atoms with Crippen LogP contribution in [0.15, 0.2) is 18.5 Å². The maximum atomic E-state index is 12.0. The van der Waals surface area contributed by atoms with Crippen molar-refractivity contribution in [3.8, 4) is 0 Å². The van der Waals surface area contributed by atoms with Crippen LogP contribution in [0, 0.1) is 5.92 Å². The van der Waals surface area contributed by atoms with Crippen molar-refractivity contribution in [3.63, 3.8) is 0 Å². The second kappa shape index (κ2) is 5.50. The van der Waals surface area contributed by atoms with E-state index in [1.54, 1.807) is 12.4 Å². The predicted molar refractivity (Wildman–Crippen MR) is 81.5 cm³/mol. The zero-order valence-corrected chi connectivity index (χ0v) is 12.8. The summed E-state index contributed by atoms with van der Waals surface area (Å²) in [5.74, 6) is 1.68. The van der Waals surface area contributed by atoms with Crippen LogP contribution in [0.3, 0.4) is 0 Å². The summed E-state index contributed by atoms with van der Waals surface area (Å²) >= 11 is 0. The number of aromatic nitrogens is 2. The smallest absolute Gasteiger partial charge is 0.248 e. The van der Waals surface area contributed by atoms with Crippen LogP contribution in [0.4, 0.5) is 5.95 Å². The van der Waals surface area contributed by atoms with Gasteiger partial charge in [0.25, 0.3) is 0 Å². The lowest BCUT2D eigenvalue weighted by molar-refractivity contribution is -0.167. The first-order chi connectivity index (χ1) is 10.7. The van der Waals surface area contributed by atoms with Crippen molar-refractivity contribution in [1.82, 2.24) is 14.9 Å². The lowest BCUT2D eigenvalue weighted by atomic mass is 9.89. The molecule has 3 fully saturated rings. The fourth-order valence-corrected chi connectivity index (χ4v) is 3.44. The van der Waals surface area contributed by atoms with Gasteiger partial charge in [0.15, 0.2) is 0 Å². The minimum atomic E-state index is -0.159. The molecule has 1 aromatic heterocycles. The van der Waals surface area contributed by atoms with Gasteiger partial charge in [-0.25, -0.2) is 9.97 Å². The molecule has 118 valence electrons. The molecule has 0 unspecified atom stereocenters. The summed E-state index contributed by atoms with van der Waals surface area (Å²) in [5, 5.41) is 0. The normalized spacial score (nSPS) is 24.8. The third-order valence-corrected chi connectivity index (χ3v) is 5.02. The summed E-state index contributed by atoms with van der Waals surface area (Å²) in [7, 11) is 0. The van der Waals surface area contributed by atoms with Crippen molar-refractivity contribution in [1.29, 1.82) is 0 Å². The Labute approximate surface area is 130 Å². The van der Waals surface area contributed by atoms with Crippen molar-refractivity contribution in [2.75, 3.05) is 37.7 Å². The number of hydrogen-bond donors (Lipinski definition) is 0. The minimum absolute atomic E-state index is 0.159. The number of amides is 1. The number of carbonyl (C=O) groups is 1. The zero-order valence-electron chi connectivity index (χ0n) is 12.8. The molecule has 22 heavy (non-hydrogen) atoms. The van der Waals surface area contributed by atoms with Crippen molar-refractivity contribution in [3.05, 3.63) is 18.5 Å². The molecule has 1 saturated carbocycles. The zero-order chi connectivity index (χ0) is 15.0. The topological polar surface area (TPSA) is 58.6 Å². The Kier molecular flexibility index (Phi) is 3.48. The number of hydrogen-bond acceptors (Lipinski definition) is 5. The van der Waals surface area contributed by atoms with Crippen LogP contribution in [0.1, 0.15) is 25.7 Å². The van der Waals surface area contributed by atoms with Crippen LogP contribution in [-0.2, 0) is 9.53 Å². The molecular weight excluding hydrogens is 280 g/mol. The summed E-state index contributed by atoms with van der Waals surface area (Å²) in [6, 6.07) is 1.83. The van der Waals surface area contributed by atoms with E-state index >= 15 is 0 Å². The number of anilines is 1. The van der Waals surface area contributed by atoms with Gasteiger partial charge < -0.3 is 14.5 Å². The number of ether oxygens (including phenoxy) is 1. The minimum Gasteiger partial charge on any atom is -0.363 e. The van der Waals surface area contributed by atoms with Gasteiger partial charge in [-0.1, -0.05) is 0 Å². The molecule has 2 aliphatic heterocycles. The quantitative estimate of drug-likeness (QED) is 0.836. The van der Waals surface area contributed by atoms with Gasteiger partial charge in [0.05, 0.1) is 5.60 Å². The summed E-state index contributed by atoms with van der Waals surface area (Å²) in [6.07, 6.45) is 7.96. The van der Waals surface area contributed by atoms with E-state index in [2.05, 4.69) is 14.9 Å². The fraction of sp³-hybridized carbons (Fsp3) is 0.688. The number of piperidine rings is 1. The Morgan fingerprint density at radius 3 is 2.64 bits per heavy atom. The second-order valence-corrected chi connectivity index (χ2v) is 6.73. The molecule has 1 aliphatic carbocycles. The van der Waals surface area contributed by atoms with E-state index in [1.165, 1.54) is 12.8 Å². The number of nitrogens with zero attached hydrogens (tertiary/aromatic N) is 4. The molecule has 0 N–H and O–H groups in total. The standard InChI is InChI=1S/C16H22N4O2/c21-14-11-22-16(12-20(14)10-13-2-3-13)4-8-19(9-5-16)15-17-6-1-7-18-15/h1,6-7,13H,2-5,8-12H2. The summed E-state index contributed by atoms with van der Waals surface area (Å²) in [5.41, 5.74) is -0.159. The van der Waals surface area contributed by atoms with E-state index in [-0.39, 0.29) is 18.1 Å². The fourth-order valence-electron chi connectivity index (χ4n) is 3.44. The first-order valence-electron chi connectivity index (χ1n) is 8.18. The summed E-state index contributed by atoms with van der Waals surface area (Å²) in [6.45, 7) is 3.70. The largest absolute Gasteiger partial charge is 0.363 e. The molecule has 3 heterocycles. The molecule has 2 saturated heterocycles. The third kappa shape index (κ3) is 2.79. The van der Waals surface area contributed by atoms with Gasteiger partial charge >= 0.3 is 0 Å². The molecule has 0 bridgehead atoms. The van der Waals surface area contributed by atoms with Gasteiger partial charge in [-0.05, 0) is 37.7 Å². The number of carbonyl (C=O) groups excluding carboxylic acids is 1. The average Bonchev–Trinajstić information content (AvgIpc) is 3.37. The Balaban J connectivity index is 1.40. The highest BCUT2D eigenvalue weighted by molar-refractivity contribution is 5.78. The van der Waals surface area contributed by atoms with Gasteiger partial charge in [0, 0.05) is 38.6 Å². The van der Waals surface area contributed by atoms with Gasteiger partial charge in [-0.15, -0.1) is 0 Å². The summed E-state index contributed by atoms with van der Waals surface area (Å²) in [4.78, 5) is 24.9. The van der Waals surface area contributed by atoms with Crippen molar-refractivity contribution in [2.24, 2.45) is 5.92 Å². The Bertz CT molecular complexity index is 538. The molecule has 3 aliphatic rings. The van der Waals surface area contributed by atoms with Gasteiger partial charge in [-0.2, -0.15) is 0 Å². The molecule has 6 heteroatoms. The predicted octanol–water partition coefficient (Wildman–Crippen LogP) is 1.08. The first-order valence-corrected chi connectivity index (χ1v) is 8.18. The molecule has 6 nitrogen and oxygen atoms in total. The second-order valence-electron chi connectivity index (χ2n) is 6.73. The average molecular weight is 302 g/mol. The number of rotatable bonds is 3. The molecule has 1 amide bonds. The molecular formula is C16H22N4O2. The van der Waals surface area contributed by atoms with E-state index in [0.29, 0.717) is 0 Å². The van der Waals surface area contributed by atoms with E-state index in [4.69, 9.17) is 4.74 Å². The van der Waals surface area contributed by atoms with Gasteiger partial charge in [-0.3, -0.25) is 4.79 Å². The van der Waals surface area contributed by atoms with Crippen LogP contribution >= 0.6 is 0 Å². The van der Waals surface area contributed by atoms with Crippen LogP contribution < -0.4 is 4.90 Å². The van der Waals surface area contributed by atoms with Crippen LogP contribution in [0.5, 0.6) is 0 Å². The molecule has 4 rings (SSSR count). The highest BCUT2D eigenvalue weighted by Crippen LogP contribution is 2.35. The lowest BCUT2D eigenvalue weighted by Gasteiger charge is -2.47. The van der Waals surface area contributed by atoms with Gasteiger partial charge in [0.1, 0.15) is 6.61 Å². The maximum Gasteiger partial charge on any atom is 0.248 e. The third-order valence-electron chi connectivity index (χ3n) is 5.02. The Hall–Kier alpha value is -1.69. The highest BCUT2D eigenvalue weighted by atomic mass is 16.5. The summed E-state index contributed by atoms with van der Waals surface area (Å²) < 4.78 is 5.98. The van der Waals surface area contributed by atoms with E-state index in [9.17, 15) is 4.79 Å². The monoisotopic (exact) mass is 302 g/mol. The Morgan fingerprint density at radius 2 is 1.95 bits per heavy atom. The first kappa shape index (κ1) is 13.9. The van der Waals surface area contributed by atoms with Crippen molar-refractivity contribution >= 4 is 11.9 Å². The lowest BCUT2D eigenvalue weighted by Crippen LogP contribution is -2.59. The molecule has 1 spiro atoms. The SMILES string of the molecule is O=C1COC2(CCN(c3ncccn3)CC2)CN1CC1CC1. The molecule has 0 aromatic carbocycles. The molecule has 0 atom stereocenters. The highest BCUT2D eigenvalue weighted by Gasteiger charge is 2.43. The van der Waals surface area contributed by atoms with Gasteiger partial charge in [0.2, 0.25) is 11.9 Å². The van der Waals surface area contributed by atoms with Crippen LogP contribution in [0.2, 0.25) is 0 Å². The van der Waals surface area contributed by atoms with Crippen LogP contribution in [-0.4, -0.2) is 59.2 Å².